The highest BCUT2D eigenvalue weighted by Crippen LogP contribution is 2.48. The molecule has 0 aromatic carbocycles. The molecule has 4 atom stereocenters. The van der Waals surface area contributed by atoms with Gasteiger partial charge in [-0.25, -0.2) is 4.79 Å². The van der Waals surface area contributed by atoms with Gasteiger partial charge in [0.15, 0.2) is 0 Å². The first-order valence-corrected chi connectivity index (χ1v) is 8.55. The number of anilines is 1. The fraction of sp³-hybridized carbons (Fsp3) is 0.471. The van der Waals surface area contributed by atoms with Crippen molar-refractivity contribution in [3.63, 3.8) is 0 Å². The van der Waals surface area contributed by atoms with E-state index in [2.05, 4.69) is 5.32 Å². The van der Waals surface area contributed by atoms with Crippen LogP contribution in [-0.2, 0) is 14.3 Å². The standard InChI is InChI=1S/C17H19NO5S/c1-7-8(2)24-15(11(7)17(22)23-3)18-14(19)12-9-4-5-10(6-9)13(12)16(20)21/h4-5,9-10,12-13H,6H2,1-3H3,(H,18,19)(H,20,21)/p-1/t9-,10+,12+,13+/m1/s1. The average Bonchev–Trinajstić information content (AvgIpc) is 3.21. The maximum atomic E-state index is 12.7. The second-order valence-corrected chi connectivity index (χ2v) is 7.51. The molecule has 1 saturated carbocycles. The number of rotatable bonds is 4. The molecular formula is C17H18NO5S-. The number of thiophene rings is 1. The van der Waals surface area contributed by atoms with E-state index in [9.17, 15) is 19.5 Å². The number of amides is 1. The highest BCUT2D eigenvalue weighted by atomic mass is 32.1. The Hall–Kier alpha value is -2.15. The summed E-state index contributed by atoms with van der Waals surface area (Å²) in [5.41, 5.74) is 1.09. The minimum atomic E-state index is -1.20. The van der Waals surface area contributed by atoms with Crippen molar-refractivity contribution in [2.24, 2.45) is 23.7 Å². The quantitative estimate of drug-likeness (QED) is 0.653. The Labute approximate surface area is 143 Å². The predicted octanol–water partition coefficient (Wildman–Crippen LogP) is 1.28. The number of aliphatic carboxylic acids is 1. The highest BCUT2D eigenvalue weighted by molar-refractivity contribution is 7.16. The molecule has 0 aliphatic heterocycles. The van der Waals surface area contributed by atoms with Crippen LogP contribution in [0.2, 0.25) is 0 Å². The van der Waals surface area contributed by atoms with Crippen LogP contribution in [0.3, 0.4) is 0 Å². The van der Waals surface area contributed by atoms with Gasteiger partial charge in [0.05, 0.1) is 18.6 Å². The molecule has 24 heavy (non-hydrogen) atoms. The van der Waals surface area contributed by atoms with Crippen LogP contribution < -0.4 is 10.4 Å². The van der Waals surface area contributed by atoms with Crippen LogP contribution in [0.5, 0.6) is 0 Å². The molecule has 0 radical (unpaired) electrons. The van der Waals surface area contributed by atoms with Gasteiger partial charge in [0, 0.05) is 16.8 Å². The number of carboxylic acid groups (broad SMARTS) is 1. The normalized spacial score (nSPS) is 27.3. The Kier molecular flexibility index (Phi) is 4.21. The van der Waals surface area contributed by atoms with Crippen LogP contribution in [-0.4, -0.2) is 25.0 Å². The largest absolute Gasteiger partial charge is 0.550 e. The molecule has 2 aliphatic rings. The number of methoxy groups -OCH3 is 1. The lowest BCUT2D eigenvalue weighted by Crippen LogP contribution is -2.42. The van der Waals surface area contributed by atoms with Gasteiger partial charge in [0.2, 0.25) is 5.91 Å². The van der Waals surface area contributed by atoms with Gasteiger partial charge in [-0.3, -0.25) is 4.79 Å². The summed E-state index contributed by atoms with van der Waals surface area (Å²) < 4.78 is 4.79. The summed E-state index contributed by atoms with van der Waals surface area (Å²) >= 11 is 1.29. The van der Waals surface area contributed by atoms with Crippen molar-refractivity contribution in [1.29, 1.82) is 0 Å². The zero-order valence-corrected chi connectivity index (χ0v) is 14.4. The lowest BCUT2D eigenvalue weighted by Gasteiger charge is -2.27. The molecule has 1 amide bonds. The Morgan fingerprint density at radius 3 is 2.42 bits per heavy atom. The Morgan fingerprint density at radius 1 is 1.21 bits per heavy atom. The first kappa shape index (κ1) is 16.7. The van der Waals surface area contributed by atoms with Gasteiger partial charge in [0.1, 0.15) is 5.00 Å². The maximum absolute atomic E-state index is 12.7. The number of fused-ring (bicyclic) bond motifs is 2. The number of nitrogens with one attached hydrogen (secondary N) is 1. The zero-order valence-electron chi connectivity index (χ0n) is 13.6. The molecule has 1 N–H and O–H groups in total. The minimum absolute atomic E-state index is 0.0957. The van der Waals surface area contributed by atoms with Crippen molar-refractivity contribution < 1.29 is 24.2 Å². The fourth-order valence-electron chi connectivity index (χ4n) is 3.76. The summed E-state index contributed by atoms with van der Waals surface area (Å²) in [6, 6.07) is 0. The van der Waals surface area contributed by atoms with Crippen LogP contribution in [0.15, 0.2) is 12.2 Å². The highest BCUT2D eigenvalue weighted by Gasteiger charge is 2.48. The van der Waals surface area contributed by atoms with Gasteiger partial charge in [-0.15, -0.1) is 11.3 Å². The summed E-state index contributed by atoms with van der Waals surface area (Å²) in [6.45, 7) is 3.64. The van der Waals surface area contributed by atoms with Crippen LogP contribution in [0.4, 0.5) is 5.00 Å². The first-order valence-electron chi connectivity index (χ1n) is 7.73. The monoisotopic (exact) mass is 348 g/mol. The van der Waals surface area contributed by atoms with Crippen molar-refractivity contribution in [3.8, 4) is 0 Å². The minimum Gasteiger partial charge on any atom is -0.550 e. The van der Waals surface area contributed by atoms with E-state index in [1.807, 2.05) is 19.1 Å². The summed E-state index contributed by atoms with van der Waals surface area (Å²) in [5.74, 6) is -3.83. The van der Waals surface area contributed by atoms with E-state index in [0.29, 0.717) is 17.0 Å². The smallest absolute Gasteiger partial charge is 0.341 e. The summed E-state index contributed by atoms with van der Waals surface area (Å²) in [7, 11) is 1.28. The lowest BCUT2D eigenvalue weighted by molar-refractivity contribution is -0.313. The third-order valence-electron chi connectivity index (χ3n) is 5.05. The van der Waals surface area contributed by atoms with Crippen LogP contribution in [0, 0.1) is 37.5 Å². The fourth-order valence-corrected chi connectivity index (χ4v) is 4.81. The van der Waals surface area contributed by atoms with E-state index in [1.165, 1.54) is 18.4 Å². The molecule has 1 heterocycles. The third kappa shape index (κ3) is 2.53. The summed E-state index contributed by atoms with van der Waals surface area (Å²) in [6.07, 6.45) is 4.41. The van der Waals surface area contributed by atoms with E-state index >= 15 is 0 Å². The second-order valence-electron chi connectivity index (χ2n) is 6.29. The molecule has 1 aromatic rings. The van der Waals surface area contributed by atoms with Gasteiger partial charge in [-0.05, 0) is 37.7 Å². The van der Waals surface area contributed by atoms with E-state index < -0.39 is 23.8 Å². The number of carbonyl (C=O) groups is 3. The number of hydrogen-bond acceptors (Lipinski definition) is 6. The van der Waals surface area contributed by atoms with Crippen LogP contribution in [0.25, 0.3) is 0 Å². The van der Waals surface area contributed by atoms with Gasteiger partial charge < -0.3 is 20.0 Å². The topological polar surface area (TPSA) is 95.5 Å². The van der Waals surface area contributed by atoms with E-state index in [1.54, 1.807) is 6.92 Å². The SMILES string of the molecule is COC(=O)c1c(NC(=O)[C@@H]2[C@@H](C(=O)[O-])[C@H]3C=C[C@@H]2C3)sc(C)c1C. The number of esters is 1. The van der Waals surface area contributed by atoms with Gasteiger partial charge in [-0.1, -0.05) is 12.2 Å². The summed E-state index contributed by atoms with van der Waals surface area (Å²) in [4.78, 5) is 37.1. The number of aryl methyl sites for hydroxylation is 1. The molecule has 128 valence electrons. The molecule has 2 bridgehead atoms. The number of carboxylic acids is 1. The predicted molar refractivity (Wildman–Crippen MR) is 86.5 cm³/mol. The molecule has 6 nitrogen and oxygen atoms in total. The van der Waals surface area contributed by atoms with Gasteiger partial charge in [-0.2, -0.15) is 0 Å². The first-order chi connectivity index (χ1) is 11.3. The molecular weight excluding hydrogens is 330 g/mol. The average molecular weight is 348 g/mol. The number of carbonyl (C=O) groups excluding carboxylic acids is 3. The van der Waals surface area contributed by atoms with Gasteiger partial charge >= 0.3 is 5.97 Å². The molecule has 7 heteroatoms. The van der Waals surface area contributed by atoms with Crippen LogP contribution in [0.1, 0.15) is 27.2 Å². The van der Waals surface area contributed by atoms with Crippen molar-refractivity contribution in [2.45, 2.75) is 20.3 Å². The molecule has 2 aliphatic carbocycles. The van der Waals surface area contributed by atoms with Crippen molar-refractivity contribution in [2.75, 3.05) is 12.4 Å². The van der Waals surface area contributed by atoms with E-state index in [-0.39, 0.29) is 17.7 Å². The number of ether oxygens (including phenoxy) is 1. The molecule has 3 rings (SSSR count). The van der Waals surface area contributed by atoms with E-state index in [0.717, 1.165) is 10.4 Å². The summed E-state index contributed by atoms with van der Waals surface area (Å²) in [5, 5.41) is 14.6. The lowest BCUT2D eigenvalue weighted by atomic mass is 9.82. The number of allylic oxidation sites excluding steroid dienone is 2. The molecule has 1 aromatic heterocycles. The molecule has 1 fully saturated rings. The zero-order chi connectivity index (χ0) is 17.6. The third-order valence-corrected chi connectivity index (χ3v) is 6.17. The number of hydrogen-bond donors (Lipinski definition) is 1. The van der Waals surface area contributed by atoms with Crippen LogP contribution >= 0.6 is 11.3 Å². The second kappa shape index (κ2) is 6.05. The Balaban J connectivity index is 1.88. The molecule has 0 saturated heterocycles. The molecule has 0 unspecified atom stereocenters. The Bertz CT molecular complexity index is 750. The van der Waals surface area contributed by atoms with Gasteiger partial charge in [0.25, 0.3) is 0 Å². The maximum Gasteiger partial charge on any atom is 0.341 e. The Morgan fingerprint density at radius 2 is 1.83 bits per heavy atom. The van der Waals surface area contributed by atoms with E-state index in [4.69, 9.17) is 4.74 Å². The van der Waals surface area contributed by atoms with Crippen molar-refractivity contribution in [1.82, 2.24) is 0 Å². The molecule has 0 spiro atoms. The van der Waals surface area contributed by atoms with Crippen molar-refractivity contribution in [3.05, 3.63) is 28.2 Å². The van der Waals surface area contributed by atoms with Crippen molar-refractivity contribution >= 4 is 34.2 Å².